The minimum Gasteiger partial charge on any atom is -0.482 e. The molecule has 0 bridgehead atoms. The van der Waals surface area contributed by atoms with Crippen LogP contribution in [0.2, 0.25) is 0 Å². The Morgan fingerprint density at radius 3 is 2.65 bits per heavy atom. The van der Waals surface area contributed by atoms with Gasteiger partial charge in [-0.05, 0) is 6.07 Å². The number of methoxy groups -OCH3 is 2. The third-order valence-corrected chi connectivity index (χ3v) is 3.27. The van der Waals surface area contributed by atoms with E-state index in [1.165, 1.54) is 18.2 Å². The maximum absolute atomic E-state index is 10.8. The van der Waals surface area contributed by atoms with Gasteiger partial charge in [-0.2, -0.15) is 0 Å². The van der Waals surface area contributed by atoms with E-state index in [2.05, 4.69) is 0 Å². The highest BCUT2D eigenvalue weighted by molar-refractivity contribution is 5.46. The molecule has 7 heteroatoms. The number of hydrogen-bond acceptors (Lipinski definition) is 6. The molecule has 7 nitrogen and oxygen atoms in total. The quantitative estimate of drug-likeness (QED) is 0.649. The molecule has 1 atom stereocenters. The van der Waals surface area contributed by atoms with Gasteiger partial charge < -0.3 is 19.3 Å². The normalized spacial score (nSPS) is 20.1. The lowest BCUT2D eigenvalue weighted by Crippen LogP contribution is -2.48. The summed E-state index contributed by atoms with van der Waals surface area (Å²) < 4.78 is 16.1. The molecule has 1 aromatic rings. The van der Waals surface area contributed by atoms with Crippen LogP contribution in [0.25, 0.3) is 0 Å². The Hall–Kier alpha value is -1.70. The molecule has 0 aliphatic carbocycles. The second kappa shape index (κ2) is 5.74. The lowest BCUT2D eigenvalue weighted by atomic mass is 9.89. The summed E-state index contributed by atoms with van der Waals surface area (Å²) in [6, 6.07) is 4.18. The third kappa shape index (κ3) is 2.74. The van der Waals surface area contributed by atoms with Crippen LogP contribution >= 0.6 is 0 Å². The van der Waals surface area contributed by atoms with Crippen LogP contribution in [0.5, 0.6) is 5.75 Å². The van der Waals surface area contributed by atoms with Crippen LogP contribution < -0.4 is 4.74 Å². The molecule has 110 valence electrons. The van der Waals surface area contributed by atoms with E-state index in [0.29, 0.717) is 11.3 Å². The van der Waals surface area contributed by atoms with Crippen molar-refractivity contribution in [3.05, 3.63) is 33.9 Å². The number of aliphatic hydroxyl groups is 1. The largest absolute Gasteiger partial charge is 0.482 e. The van der Waals surface area contributed by atoms with Crippen molar-refractivity contribution in [1.82, 2.24) is 0 Å². The fraction of sp³-hybridized carbons (Fsp3) is 0.538. The zero-order valence-electron chi connectivity index (χ0n) is 11.4. The van der Waals surface area contributed by atoms with Crippen LogP contribution in [0, 0.1) is 10.1 Å². The molecule has 0 aromatic heterocycles. The summed E-state index contributed by atoms with van der Waals surface area (Å²) >= 11 is 0. The van der Waals surface area contributed by atoms with Gasteiger partial charge in [-0.3, -0.25) is 10.1 Å². The molecule has 0 fully saturated rings. The van der Waals surface area contributed by atoms with E-state index in [4.69, 9.17) is 14.2 Å². The summed E-state index contributed by atoms with van der Waals surface area (Å²) in [5.74, 6) is 0.420. The van der Waals surface area contributed by atoms with Crippen LogP contribution in [0.1, 0.15) is 18.1 Å². The highest BCUT2D eigenvalue weighted by atomic mass is 16.6. The molecule has 1 aliphatic rings. The molecule has 1 unspecified atom stereocenters. The van der Waals surface area contributed by atoms with Gasteiger partial charge in [-0.25, -0.2) is 0 Å². The summed E-state index contributed by atoms with van der Waals surface area (Å²) in [5, 5.41) is 21.0. The van der Waals surface area contributed by atoms with E-state index in [1.54, 1.807) is 14.2 Å². The Morgan fingerprint density at radius 1 is 1.45 bits per heavy atom. The molecule has 0 amide bonds. The standard InChI is InChI=1S/C13H17NO6/c1-18-7-13(8-19-2)6-11(15)10-5-9(14(16)17)3-4-12(10)20-13/h3-5,11,15H,6-8H2,1-2H3. The van der Waals surface area contributed by atoms with Crippen molar-refractivity contribution in [3.63, 3.8) is 0 Å². The van der Waals surface area contributed by atoms with Gasteiger partial charge in [0.05, 0.1) is 24.2 Å². The summed E-state index contributed by atoms with van der Waals surface area (Å²) in [6.45, 7) is 0.517. The highest BCUT2D eigenvalue weighted by Crippen LogP contribution is 2.41. The van der Waals surface area contributed by atoms with E-state index < -0.39 is 16.6 Å². The van der Waals surface area contributed by atoms with Gasteiger partial charge in [-0.1, -0.05) is 0 Å². The minimum atomic E-state index is -0.857. The van der Waals surface area contributed by atoms with Gasteiger partial charge in [0.2, 0.25) is 0 Å². The fourth-order valence-electron chi connectivity index (χ4n) is 2.48. The Labute approximate surface area is 116 Å². The molecule has 0 radical (unpaired) electrons. The van der Waals surface area contributed by atoms with Crippen LogP contribution in [-0.2, 0) is 9.47 Å². The summed E-state index contributed by atoms with van der Waals surface area (Å²) in [7, 11) is 3.08. The van der Waals surface area contributed by atoms with E-state index >= 15 is 0 Å². The fourth-order valence-corrected chi connectivity index (χ4v) is 2.48. The van der Waals surface area contributed by atoms with E-state index in [1.807, 2.05) is 0 Å². The van der Waals surface area contributed by atoms with Gasteiger partial charge >= 0.3 is 0 Å². The number of nitro benzene ring substituents is 1. The molecule has 1 N–H and O–H groups in total. The molecular weight excluding hydrogens is 266 g/mol. The highest BCUT2D eigenvalue weighted by Gasteiger charge is 2.41. The van der Waals surface area contributed by atoms with Gasteiger partial charge in [0.15, 0.2) is 5.60 Å². The van der Waals surface area contributed by atoms with Crippen LogP contribution in [0.4, 0.5) is 5.69 Å². The molecular formula is C13H17NO6. The lowest BCUT2D eigenvalue weighted by molar-refractivity contribution is -0.385. The zero-order chi connectivity index (χ0) is 14.8. The van der Waals surface area contributed by atoms with Crippen LogP contribution in [0.3, 0.4) is 0 Å². The first-order valence-corrected chi connectivity index (χ1v) is 6.14. The number of nitro groups is 1. The Kier molecular flexibility index (Phi) is 4.22. The van der Waals surface area contributed by atoms with Crippen molar-refractivity contribution in [2.24, 2.45) is 0 Å². The number of fused-ring (bicyclic) bond motifs is 1. The Bertz CT molecular complexity index is 498. The lowest BCUT2D eigenvalue weighted by Gasteiger charge is -2.39. The molecule has 1 aliphatic heterocycles. The van der Waals surface area contributed by atoms with Crippen molar-refractivity contribution in [2.45, 2.75) is 18.1 Å². The number of rotatable bonds is 5. The minimum absolute atomic E-state index is 0.0719. The van der Waals surface area contributed by atoms with E-state index in [0.717, 1.165) is 0 Å². The maximum Gasteiger partial charge on any atom is 0.270 e. The first kappa shape index (κ1) is 14.7. The molecule has 0 spiro atoms. The van der Waals surface area contributed by atoms with Crippen molar-refractivity contribution in [3.8, 4) is 5.75 Å². The van der Waals surface area contributed by atoms with Crippen molar-refractivity contribution < 1.29 is 24.2 Å². The van der Waals surface area contributed by atoms with Gasteiger partial charge in [0, 0.05) is 38.3 Å². The molecule has 2 rings (SSSR count). The summed E-state index contributed by atoms with van der Waals surface area (Å²) in [5.41, 5.74) is -0.439. The maximum atomic E-state index is 10.8. The van der Waals surface area contributed by atoms with Gasteiger partial charge in [-0.15, -0.1) is 0 Å². The number of hydrogen-bond donors (Lipinski definition) is 1. The average molecular weight is 283 g/mol. The van der Waals surface area contributed by atoms with Gasteiger partial charge in [0.1, 0.15) is 5.75 Å². The number of aliphatic hydroxyl groups excluding tert-OH is 1. The first-order chi connectivity index (χ1) is 9.51. The molecule has 1 heterocycles. The van der Waals surface area contributed by atoms with E-state index in [-0.39, 0.29) is 25.3 Å². The Balaban J connectivity index is 2.35. The predicted molar refractivity (Wildman–Crippen MR) is 69.8 cm³/mol. The molecule has 0 saturated heterocycles. The topological polar surface area (TPSA) is 91.1 Å². The number of non-ortho nitro benzene ring substituents is 1. The van der Waals surface area contributed by atoms with E-state index in [9.17, 15) is 15.2 Å². The van der Waals surface area contributed by atoms with Crippen LogP contribution in [0.15, 0.2) is 18.2 Å². The Morgan fingerprint density at radius 2 is 2.10 bits per heavy atom. The molecule has 0 saturated carbocycles. The summed E-state index contributed by atoms with van der Waals surface area (Å²) in [6.07, 6.45) is -0.605. The second-order valence-corrected chi connectivity index (χ2v) is 4.85. The average Bonchev–Trinajstić information content (AvgIpc) is 2.38. The summed E-state index contributed by atoms with van der Waals surface area (Å²) in [4.78, 5) is 10.3. The van der Waals surface area contributed by atoms with Crippen molar-refractivity contribution in [1.29, 1.82) is 0 Å². The smallest absolute Gasteiger partial charge is 0.270 e. The number of ether oxygens (including phenoxy) is 3. The first-order valence-electron chi connectivity index (χ1n) is 6.14. The predicted octanol–water partition coefficient (Wildman–Crippen LogP) is 1.44. The SMILES string of the molecule is COCC1(COC)CC(O)c2cc([N+](=O)[O-])ccc2O1. The number of benzene rings is 1. The van der Waals surface area contributed by atoms with Crippen LogP contribution in [-0.4, -0.2) is 43.1 Å². The van der Waals surface area contributed by atoms with Crippen molar-refractivity contribution >= 4 is 5.69 Å². The number of nitrogens with zero attached hydrogens (tertiary/aromatic N) is 1. The van der Waals surface area contributed by atoms with Crippen molar-refractivity contribution in [2.75, 3.05) is 27.4 Å². The van der Waals surface area contributed by atoms with Gasteiger partial charge in [0.25, 0.3) is 5.69 Å². The zero-order valence-corrected chi connectivity index (χ0v) is 11.4. The molecule has 20 heavy (non-hydrogen) atoms. The third-order valence-electron chi connectivity index (χ3n) is 3.27. The monoisotopic (exact) mass is 283 g/mol. The molecule has 1 aromatic carbocycles. The second-order valence-electron chi connectivity index (χ2n) is 4.85.